The lowest BCUT2D eigenvalue weighted by Gasteiger charge is -2.13. The van der Waals surface area contributed by atoms with Gasteiger partial charge < -0.3 is 5.32 Å². The number of carbonyl (C=O) groups is 1. The van der Waals surface area contributed by atoms with Crippen LogP contribution in [0.1, 0.15) is 12.5 Å². The fraction of sp³-hybridized carbons (Fsp3) is 0.211. The summed E-state index contributed by atoms with van der Waals surface area (Å²) in [4.78, 5) is 11.9. The van der Waals surface area contributed by atoms with Crippen LogP contribution in [0.25, 0.3) is 11.4 Å². The van der Waals surface area contributed by atoms with Crippen LogP contribution in [0, 0.1) is 0 Å². The molecule has 0 saturated heterocycles. The largest absolute Gasteiger partial charge is 0.358 e. The van der Waals surface area contributed by atoms with Crippen LogP contribution in [-0.4, -0.2) is 33.0 Å². The number of amides is 1. The zero-order valence-corrected chi connectivity index (χ0v) is 16.1. The molecule has 0 radical (unpaired) electrons. The van der Waals surface area contributed by atoms with E-state index in [1.54, 1.807) is 7.05 Å². The topological polar surface area (TPSA) is 59.8 Å². The van der Waals surface area contributed by atoms with Gasteiger partial charge in [-0.3, -0.25) is 9.36 Å². The van der Waals surface area contributed by atoms with Crippen LogP contribution in [0.2, 0.25) is 5.02 Å². The first-order valence-corrected chi connectivity index (χ1v) is 9.45. The van der Waals surface area contributed by atoms with Crippen LogP contribution < -0.4 is 5.32 Å². The van der Waals surface area contributed by atoms with Crippen LogP contribution in [0.3, 0.4) is 0 Å². The van der Waals surface area contributed by atoms with Gasteiger partial charge in [0.2, 0.25) is 5.91 Å². The first-order chi connectivity index (χ1) is 12.6. The number of carbonyl (C=O) groups excluding carboxylic acids is 1. The second-order valence-electron chi connectivity index (χ2n) is 5.76. The molecule has 0 aliphatic heterocycles. The van der Waals surface area contributed by atoms with E-state index in [2.05, 4.69) is 27.6 Å². The molecule has 0 bridgehead atoms. The number of benzene rings is 2. The van der Waals surface area contributed by atoms with Crippen molar-refractivity contribution in [1.82, 2.24) is 20.1 Å². The Kier molecular flexibility index (Phi) is 5.96. The van der Waals surface area contributed by atoms with Crippen molar-refractivity contribution < 1.29 is 4.79 Å². The van der Waals surface area contributed by atoms with E-state index in [1.165, 1.54) is 11.8 Å². The third-order valence-corrected chi connectivity index (χ3v) is 5.23. The van der Waals surface area contributed by atoms with Gasteiger partial charge >= 0.3 is 0 Å². The fourth-order valence-corrected chi connectivity index (χ4v) is 3.55. The molecule has 0 aliphatic rings. The maximum absolute atomic E-state index is 11.9. The summed E-state index contributed by atoms with van der Waals surface area (Å²) in [6, 6.07) is 17.6. The summed E-state index contributed by atoms with van der Waals surface area (Å²) in [5.74, 6) is 0.703. The Bertz CT molecular complexity index is 880. The van der Waals surface area contributed by atoms with Crippen molar-refractivity contribution in [2.75, 3.05) is 7.05 Å². The molecule has 134 valence electrons. The quantitative estimate of drug-likeness (QED) is 0.653. The number of nitrogens with zero attached hydrogens (tertiary/aromatic N) is 3. The molecule has 1 unspecified atom stereocenters. The Morgan fingerprint density at radius 1 is 1.15 bits per heavy atom. The minimum Gasteiger partial charge on any atom is -0.358 e. The van der Waals surface area contributed by atoms with E-state index in [0.717, 1.165) is 17.0 Å². The van der Waals surface area contributed by atoms with Gasteiger partial charge in [0.15, 0.2) is 11.0 Å². The van der Waals surface area contributed by atoms with Gasteiger partial charge in [-0.2, -0.15) is 0 Å². The van der Waals surface area contributed by atoms with Crippen molar-refractivity contribution in [2.45, 2.75) is 23.9 Å². The highest BCUT2D eigenvalue weighted by molar-refractivity contribution is 8.00. The molecule has 3 rings (SSSR count). The van der Waals surface area contributed by atoms with Crippen LogP contribution in [0.4, 0.5) is 0 Å². The summed E-state index contributed by atoms with van der Waals surface area (Å²) in [7, 11) is 1.63. The predicted octanol–water partition coefficient (Wildman–Crippen LogP) is 3.87. The second kappa shape index (κ2) is 8.38. The van der Waals surface area contributed by atoms with Crippen LogP contribution in [-0.2, 0) is 11.3 Å². The van der Waals surface area contributed by atoms with E-state index in [9.17, 15) is 4.79 Å². The van der Waals surface area contributed by atoms with Gasteiger partial charge in [-0.25, -0.2) is 0 Å². The molecular weight excluding hydrogens is 368 g/mol. The summed E-state index contributed by atoms with van der Waals surface area (Å²) in [6.07, 6.45) is 0. The smallest absolute Gasteiger partial charge is 0.233 e. The highest BCUT2D eigenvalue weighted by Gasteiger charge is 2.20. The number of nitrogens with one attached hydrogen (secondary N) is 1. The average Bonchev–Trinajstić information content (AvgIpc) is 3.04. The molecule has 3 aromatic rings. The summed E-state index contributed by atoms with van der Waals surface area (Å²) in [5.41, 5.74) is 2.06. The zero-order chi connectivity index (χ0) is 18.5. The average molecular weight is 387 g/mol. The molecule has 2 aromatic carbocycles. The highest BCUT2D eigenvalue weighted by Crippen LogP contribution is 2.28. The van der Waals surface area contributed by atoms with E-state index in [0.29, 0.717) is 16.7 Å². The number of thioether (sulfide) groups is 1. The zero-order valence-electron chi connectivity index (χ0n) is 14.5. The first-order valence-electron chi connectivity index (χ1n) is 8.20. The minimum atomic E-state index is -0.267. The molecule has 0 fully saturated rings. The third-order valence-electron chi connectivity index (χ3n) is 3.90. The molecule has 1 aromatic heterocycles. The van der Waals surface area contributed by atoms with Gasteiger partial charge in [-0.05, 0) is 36.8 Å². The lowest BCUT2D eigenvalue weighted by molar-refractivity contribution is -0.119. The van der Waals surface area contributed by atoms with Crippen LogP contribution in [0.5, 0.6) is 0 Å². The van der Waals surface area contributed by atoms with Crippen molar-refractivity contribution in [3.8, 4) is 11.4 Å². The molecule has 26 heavy (non-hydrogen) atoms. The predicted molar refractivity (Wildman–Crippen MR) is 105 cm³/mol. The monoisotopic (exact) mass is 386 g/mol. The molecule has 1 amide bonds. The van der Waals surface area contributed by atoms with E-state index in [-0.39, 0.29) is 11.2 Å². The Hall–Kier alpha value is -2.31. The van der Waals surface area contributed by atoms with Gasteiger partial charge in [0.05, 0.1) is 11.8 Å². The number of aromatic nitrogens is 3. The number of halogens is 1. The molecule has 7 heteroatoms. The third kappa shape index (κ3) is 4.26. The van der Waals surface area contributed by atoms with Crippen LogP contribution >= 0.6 is 23.4 Å². The Morgan fingerprint density at radius 2 is 1.85 bits per heavy atom. The number of rotatable bonds is 6. The molecule has 1 heterocycles. The van der Waals surface area contributed by atoms with Gasteiger partial charge in [0.25, 0.3) is 0 Å². The van der Waals surface area contributed by atoms with Gasteiger partial charge in [0.1, 0.15) is 0 Å². The van der Waals surface area contributed by atoms with Crippen LogP contribution in [0.15, 0.2) is 59.8 Å². The van der Waals surface area contributed by atoms with E-state index < -0.39 is 0 Å². The maximum atomic E-state index is 11.9. The Balaban J connectivity index is 1.98. The van der Waals surface area contributed by atoms with Gasteiger partial charge in [-0.1, -0.05) is 53.7 Å². The lowest BCUT2D eigenvalue weighted by atomic mass is 10.2. The van der Waals surface area contributed by atoms with Crippen molar-refractivity contribution in [2.24, 2.45) is 0 Å². The van der Waals surface area contributed by atoms with E-state index >= 15 is 0 Å². The van der Waals surface area contributed by atoms with Gasteiger partial charge in [0, 0.05) is 17.6 Å². The standard InChI is InChI=1S/C19H19ClN4OS/c1-13(18(25)21-2)26-19-23-22-17(15-8-10-16(20)11-9-15)24(19)12-14-6-4-3-5-7-14/h3-11,13H,12H2,1-2H3,(H,21,25). The maximum Gasteiger partial charge on any atom is 0.233 e. The molecule has 0 saturated carbocycles. The van der Waals surface area contributed by atoms with E-state index in [4.69, 9.17) is 11.6 Å². The Labute approximate surface area is 161 Å². The fourth-order valence-electron chi connectivity index (χ4n) is 2.51. The van der Waals surface area contributed by atoms with Crippen molar-refractivity contribution >= 4 is 29.3 Å². The molecule has 5 nitrogen and oxygen atoms in total. The first kappa shape index (κ1) is 18.5. The molecule has 0 aliphatic carbocycles. The molecule has 1 N–H and O–H groups in total. The summed E-state index contributed by atoms with van der Waals surface area (Å²) >= 11 is 7.39. The summed E-state index contributed by atoms with van der Waals surface area (Å²) in [5, 5.41) is 12.5. The minimum absolute atomic E-state index is 0.0442. The van der Waals surface area contributed by atoms with E-state index in [1.807, 2.05) is 54.0 Å². The molecular formula is C19H19ClN4OS. The number of hydrogen-bond acceptors (Lipinski definition) is 4. The molecule has 0 spiro atoms. The Morgan fingerprint density at radius 3 is 2.50 bits per heavy atom. The van der Waals surface area contributed by atoms with Crippen molar-refractivity contribution in [3.63, 3.8) is 0 Å². The van der Waals surface area contributed by atoms with Gasteiger partial charge in [-0.15, -0.1) is 10.2 Å². The molecule has 1 atom stereocenters. The number of hydrogen-bond donors (Lipinski definition) is 1. The lowest BCUT2D eigenvalue weighted by Crippen LogP contribution is -2.27. The normalized spacial score (nSPS) is 12.0. The van der Waals surface area contributed by atoms with Crippen molar-refractivity contribution in [1.29, 1.82) is 0 Å². The second-order valence-corrected chi connectivity index (χ2v) is 7.50. The summed E-state index contributed by atoms with van der Waals surface area (Å²) < 4.78 is 2.03. The summed E-state index contributed by atoms with van der Waals surface area (Å²) in [6.45, 7) is 2.47. The SMILES string of the molecule is CNC(=O)C(C)Sc1nnc(-c2ccc(Cl)cc2)n1Cc1ccccc1. The van der Waals surface area contributed by atoms with Crippen molar-refractivity contribution in [3.05, 3.63) is 65.2 Å². The highest BCUT2D eigenvalue weighted by atomic mass is 35.5.